The van der Waals surface area contributed by atoms with Crippen molar-refractivity contribution in [1.29, 1.82) is 0 Å². The zero-order chi connectivity index (χ0) is 17.3. The molecule has 0 unspecified atom stereocenters. The van der Waals surface area contributed by atoms with Gasteiger partial charge in [0.15, 0.2) is 0 Å². The molecule has 5 heteroatoms. The maximum absolute atomic E-state index is 12.2. The molecule has 3 rings (SSSR count). The van der Waals surface area contributed by atoms with Gasteiger partial charge in [0.1, 0.15) is 5.60 Å². The first-order chi connectivity index (χ1) is 11.3. The minimum absolute atomic E-state index is 0.197. The lowest BCUT2D eigenvalue weighted by Gasteiger charge is -2.39. The Balaban J connectivity index is 1.68. The van der Waals surface area contributed by atoms with Crippen LogP contribution in [0.1, 0.15) is 32.8 Å². The summed E-state index contributed by atoms with van der Waals surface area (Å²) in [5.74, 6) is 0. The second-order valence-corrected chi connectivity index (χ2v) is 7.75. The van der Waals surface area contributed by atoms with Crippen LogP contribution >= 0.6 is 0 Å². The average molecular weight is 331 g/mol. The highest BCUT2D eigenvalue weighted by Gasteiger charge is 2.27. The first-order valence-electron chi connectivity index (χ1n) is 8.91. The van der Waals surface area contributed by atoms with Gasteiger partial charge in [-0.15, -0.1) is 0 Å². The van der Waals surface area contributed by atoms with Crippen LogP contribution in [0.5, 0.6) is 0 Å². The number of hydrogen-bond acceptors (Lipinski definition) is 4. The molecule has 2 heterocycles. The van der Waals surface area contributed by atoms with Gasteiger partial charge in [0, 0.05) is 51.1 Å². The molecule has 1 amide bonds. The van der Waals surface area contributed by atoms with E-state index in [9.17, 15) is 4.79 Å². The van der Waals surface area contributed by atoms with Gasteiger partial charge in [0.05, 0.1) is 0 Å². The Hall–Kier alpha value is -1.91. The lowest BCUT2D eigenvalue weighted by molar-refractivity contribution is 0.0240. The zero-order valence-corrected chi connectivity index (χ0v) is 15.3. The number of anilines is 2. The summed E-state index contributed by atoms with van der Waals surface area (Å²) in [6.07, 6.45) is 2.15. The Morgan fingerprint density at radius 2 is 1.71 bits per heavy atom. The summed E-state index contributed by atoms with van der Waals surface area (Å²) < 4.78 is 5.48. The van der Waals surface area contributed by atoms with Crippen molar-refractivity contribution in [2.75, 3.05) is 49.6 Å². The van der Waals surface area contributed by atoms with E-state index in [1.165, 1.54) is 23.4 Å². The first kappa shape index (κ1) is 16.9. The summed E-state index contributed by atoms with van der Waals surface area (Å²) in [5, 5.41) is 0. The van der Waals surface area contributed by atoms with Crippen molar-refractivity contribution in [3.8, 4) is 0 Å². The van der Waals surface area contributed by atoms with Crippen molar-refractivity contribution >= 4 is 17.5 Å². The van der Waals surface area contributed by atoms with Gasteiger partial charge in [-0.1, -0.05) is 6.07 Å². The monoisotopic (exact) mass is 331 g/mol. The van der Waals surface area contributed by atoms with Gasteiger partial charge in [-0.3, -0.25) is 0 Å². The molecule has 1 fully saturated rings. The number of ether oxygens (including phenoxy) is 1. The highest BCUT2D eigenvalue weighted by Crippen LogP contribution is 2.34. The van der Waals surface area contributed by atoms with Crippen LogP contribution in [0.4, 0.5) is 16.2 Å². The number of hydrogen-bond donors (Lipinski definition) is 0. The molecule has 0 atom stereocenters. The molecule has 0 N–H and O–H groups in total. The summed E-state index contributed by atoms with van der Waals surface area (Å²) in [7, 11) is 2.17. The topological polar surface area (TPSA) is 36.0 Å². The van der Waals surface area contributed by atoms with Gasteiger partial charge >= 0.3 is 6.09 Å². The molecule has 2 aliphatic heterocycles. The van der Waals surface area contributed by atoms with Crippen molar-refractivity contribution in [2.24, 2.45) is 0 Å². The average Bonchev–Trinajstić information content (AvgIpc) is 2.53. The lowest BCUT2D eigenvalue weighted by atomic mass is 9.99. The Kier molecular flexibility index (Phi) is 4.61. The standard InChI is InChI=1S/C19H29N3O2/c1-19(2,3)24-18(23)22-13-11-21(12-14-22)17-9-5-8-16-15(17)7-6-10-20(16)4/h5,8-9H,6-7,10-14H2,1-4H3. The smallest absolute Gasteiger partial charge is 0.410 e. The highest BCUT2D eigenvalue weighted by atomic mass is 16.6. The molecule has 0 radical (unpaired) electrons. The summed E-state index contributed by atoms with van der Waals surface area (Å²) in [4.78, 5) is 18.8. The summed E-state index contributed by atoms with van der Waals surface area (Å²) in [5.41, 5.74) is 3.71. The molecule has 5 nitrogen and oxygen atoms in total. The maximum Gasteiger partial charge on any atom is 0.410 e. The van der Waals surface area contributed by atoms with Crippen LogP contribution in [0.2, 0.25) is 0 Å². The van der Waals surface area contributed by atoms with E-state index in [0.29, 0.717) is 13.1 Å². The van der Waals surface area contributed by atoms with Crippen LogP contribution < -0.4 is 9.80 Å². The molecule has 0 spiro atoms. The Labute approximate surface area is 145 Å². The molecule has 1 aromatic carbocycles. The molecular weight excluding hydrogens is 302 g/mol. The van der Waals surface area contributed by atoms with E-state index in [1.54, 1.807) is 0 Å². The third-order valence-electron chi connectivity index (χ3n) is 4.73. The fourth-order valence-corrected chi connectivity index (χ4v) is 3.54. The summed E-state index contributed by atoms with van der Waals surface area (Å²) in [6.45, 7) is 10.0. The van der Waals surface area contributed by atoms with Crippen LogP contribution in [0.15, 0.2) is 18.2 Å². The number of amides is 1. The fourth-order valence-electron chi connectivity index (χ4n) is 3.54. The zero-order valence-electron chi connectivity index (χ0n) is 15.3. The van der Waals surface area contributed by atoms with Crippen LogP contribution in [0, 0.1) is 0 Å². The van der Waals surface area contributed by atoms with Gasteiger partial charge in [0.25, 0.3) is 0 Å². The Morgan fingerprint density at radius 3 is 2.38 bits per heavy atom. The van der Waals surface area contributed by atoms with Crippen LogP contribution in [0.3, 0.4) is 0 Å². The largest absolute Gasteiger partial charge is 0.444 e. The van der Waals surface area contributed by atoms with E-state index < -0.39 is 5.60 Å². The minimum atomic E-state index is -0.433. The van der Waals surface area contributed by atoms with Crippen molar-refractivity contribution in [1.82, 2.24) is 4.90 Å². The third kappa shape index (κ3) is 3.60. The second kappa shape index (κ2) is 6.54. The number of carbonyl (C=O) groups is 1. The van der Waals surface area contributed by atoms with Gasteiger partial charge in [-0.05, 0) is 51.3 Å². The number of benzene rings is 1. The summed E-state index contributed by atoms with van der Waals surface area (Å²) in [6, 6.07) is 6.59. The SMILES string of the molecule is CN1CCCc2c1cccc2N1CCN(C(=O)OC(C)(C)C)CC1. The predicted octanol–water partition coefficient (Wildman–Crippen LogP) is 3.13. The first-order valence-corrected chi connectivity index (χ1v) is 8.91. The quantitative estimate of drug-likeness (QED) is 0.792. The highest BCUT2D eigenvalue weighted by molar-refractivity contribution is 5.71. The number of nitrogens with zero attached hydrogens (tertiary/aromatic N) is 3. The van der Waals surface area contributed by atoms with Gasteiger partial charge in [0.2, 0.25) is 0 Å². The molecule has 0 saturated carbocycles. The van der Waals surface area contributed by atoms with Crippen molar-refractivity contribution < 1.29 is 9.53 Å². The molecule has 0 bridgehead atoms. The maximum atomic E-state index is 12.2. The van der Waals surface area contributed by atoms with E-state index in [4.69, 9.17) is 4.74 Å². The molecular formula is C19H29N3O2. The number of fused-ring (bicyclic) bond motifs is 1. The molecule has 1 aromatic rings. The Morgan fingerprint density at radius 1 is 1.04 bits per heavy atom. The fraction of sp³-hybridized carbons (Fsp3) is 0.632. The van der Waals surface area contributed by atoms with Crippen molar-refractivity contribution in [2.45, 2.75) is 39.2 Å². The normalized spacial score (nSPS) is 18.4. The predicted molar refractivity (Wildman–Crippen MR) is 98.1 cm³/mol. The van der Waals surface area contributed by atoms with Gasteiger partial charge in [-0.2, -0.15) is 0 Å². The molecule has 1 saturated heterocycles. The van der Waals surface area contributed by atoms with E-state index >= 15 is 0 Å². The van der Waals surface area contributed by atoms with Crippen LogP contribution in [-0.2, 0) is 11.2 Å². The molecule has 0 aliphatic carbocycles. The molecule has 2 aliphatic rings. The minimum Gasteiger partial charge on any atom is -0.444 e. The van der Waals surface area contributed by atoms with E-state index in [0.717, 1.165) is 26.1 Å². The molecule has 132 valence electrons. The van der Waals surface area contributed by atoms with E-state index in [2.05, 4.69) is 35.0 Å². The van der Waals surface area contributed by atoms with Crippen LogP contribution in [-0.4, -0.2) is 56.4 Å². The van der Waals surface area contributed by atoms with E-state index in [-0.39, 0.29) is 6.09 Å². The number of rotatable bonds is 1. The lowest BCUT2D eigenvalue weighted by Crippen LogP contribution is -2.50. The molecule has 0 aromatic heterocycles. The van der Waals surface area contributed by atoms with Gasteiger partial charge in [-0.25, -0.2) is 4.79 Å². The molecule has 24 heavy (non-hydrogen) atoms. The van der Waals surface area contributed by atoms with Crippen LogP contribution in [0.25, 0.3) is 0 Å². The Bertz CT molecular complexity index is 601. The summed E-state index contributed by atoms with van der Waals surface area (Å²) >= 11 is 0. The van der Waals surface area contributed by atoms with Crippen molar-refractivity contribution in [3.05, 3.63) is 23.8 Å². The second-order valence-electron chi connectivity index (χ2n) is 7.75. The third-order valence-corrected chi connectivity index (χ3v) is 4.73. The number of piperazine rings is 1. The van der Waals surface area contributed by atoms with Gasteiger partial charge < -0.3 is 19.4 Å². The van der Waals surface area contributed by atoms with Crippen molar-refractivity contribution in [3.63, 3.8) is 0 Å². The van der Waals surface area contributed by atoms with E-state index in [1.807, 2.05) is 25.7 Å². The number of carbonyl (C=O) groups excluding carboxylic acids is 1.